The van der Waals surface area contributed by atoms with Crippen LogP contribution in [0.5, 0.6) is 0 Å². The largest absolute Gasteiger partial charge is 0.430 e. The van der Waals surface area contributed by atoms with Crippen molar-refractivity contribution < 1.29 is 18.2 Å². The van der Waals surface area contributed by atoms with E-state index in [9.17, 15) is 13.8 Å². The predicted octanol–water partition coefficient (Wildman–Crippen LogP) is 0.101. The van der Waals surface area contributed by atoms with E-state index in [1.54, 1.807) is 12.1 Å². The van der Waals surface area contributed by atoms with Crippen molar-refractivity contribution in [2.75, 3.05) is 5.73 Å². The summed E-state index contributed by atoms with van der Waals surface area (Å²) >= 11 is 0. The van der Waals surface area contributed by atoms with Gasteiger partial charge in [0.15, 0.2) is 5.58 Å². The van der Waals surface area contributed by atoms with Gasteiger partial charge in [-0.3, -0.25) is 10.1 Å². The van der Waals surface area contributed by atoms with Crippen LogP contribution in [0.4, 0.5) is 10.5 Å². The molecule has 0 fully saturated rings. The third-order valence-corrected chi connectivity index (χ3v) is 3.88. The standard InChI is InChI=1S/C11H12N4O4S/c1-5(9(16)15-10(13)17)20(18)11-14-7-3-2-6(12)4-8(7)19-11/h2-5H,12H2,1H3,(H3,13,15,16,17). The van der Waals surface area contributed by atoms with Crippen LogP contribution in [-0.4, -0.2) is 26.4 Å². The molecule has 0 aliphatic carbocycles. The van der Waals surface area contributed by atoms with Gasteiger partial charge in [-0.25, -0.2) is 14.0 Å². The molecule has 2 atom stereocenters. The van der Waals surface area contributed by atoms with Crippen LogP contribution < -0.4 is 16.8 Å². The second-order valence-electron chi connectivity index (χ2n) is 4.00. The van der Waals surface area contributed by atoms with E-state index in [1.807, 2.05) is 5.32 Å². The lowest BCUT2D eigenvalue weighted by atomic mass is 10.3. The molecule has 20 heavy (non-hydrogen) atoms. The quantitative estimate of drug-likeness (QED) is 0.686. The molecule has 5 N–H and O–H groups in total. The zero-order chi connectivity index (χ0) is 14.9. The van der Waals surface area contributed by atoms with Gasteiger partial charge in [0.2, 0.25) is 5.91 Å². The second-order valence-corrected chi connectivity index (χ2v) is 5.65. The van der Waals surface area contributed by atoms with Gasteiger partial charge in [-0.05, 0) is 19.1 Å². The number of benzene rings is 1. The molecule has 0 radical (unpaired) electrons. The van der Waals surface area contributed by atoms with Crippen LogP contribution in [0.25, 0.3) is 11.1 Å². The van der Waals surface area contributed by atoms with Gasteiger partial charge in [0.1, 0.15) is 21.6 Å². The van der Waals surface area contributed by atoms with E-state index in [-0.39, 0.29) is 5.22 Å². The molecule has 8 nitrogen and oxygen atoms in total. The van der Waals surface area contributed by atoms with Crippen molar-refractivity contribution in [2.24, 2.45) is 5.73 Å². The number of carbonyl (C=O) groups is 2. The fourth-order valence-corrected chi connectivity index (χ4v) is 2.39. The fourth-order valence-electron chi connectivity index (χ4n) is 1.48. The number of carbonyl (C=O) groups excluding carboxylic acids is 2. The minimum Gasteiger partial charge on any atom is -0.430 e. The van der Waals surface area contributed by atoms with Gasteiger partial charge >= 0.3 is 6.03 Å². The van der Waals surface area contributed by atoms with Crippen LogP contribution in [0.3, 0.4) is 0 Å². The van der Waals surface area contributed by atoms with E-state index < -0.39 is 28.0 Å². The number of aromatic nitrogens is 1. The van der Waals surface area contributed by atoms with Crippen LogP contribution in [-0.2, 0) is 15.6 Å². The first-order valence-electron chi connectivity index (χ1n) is 5.55. The van der Waals surface area contributed by atoms with Crippen LogP contribution in [0.2, 0.25) is 0 Å². The Morgan fingerprint density at radius 1 is 1.45 bits per heavy atom. The van der Waals surface area contributed by atoms with Crippen molar-refractivity contribution in [1.29, 1.82) is 0 Å². The molecule has 0 bridgehead atoms. The molecular weight excluding hydrogens is 284 g/mol. The number of oxazole rings is 1. The zero-order valence-corrected chi connectivity index (χ0v) is 11.3. The lowest BCUT2D eigenvalue weighted by molar-refractivity contribution is -0.119. The molecule has 0 aliphatic heterocycles. The monoisotopic (exact) mass is 296 g/mol. The Balaban J connectivity index is 2.26. The molecule has 1 heterocycles. The first-order chi connectivity index (χ1) is 9.38. The van der Waals surface area contributed by atoms with E-state index in [0.717, 1.165) is 0 Å². The number of nitrogens with one attached hydrogen (secondary N) is 1. The van der Waals surface area contributed by atoms with Crippen LogP contribution in [0.1, 0.15) is 6.92 Å². The van der Waals surface area contributed by atoms with Crippen molar-refractivity contribution in [2.45, 2.75) is 17.4 Å². The summed E-state index contributed by atoms with van der Waals surface area (Å²) in [6.45, 7) is 1.37. The molecule has 2 rings (SSSR count). The minimum absolute atomic E-state index is 0.113. The fraction of sp³-hybridized carbons (Fsp3) is 0.182. The molecule has 3 amide bonds. The number of nitrogens with two attached hydrogens (primary N) is 2. The van der Waals surface area contributed by atoms with Gasteiger partial charge in [0.25, 0.3) is 5.22 Å². The highest BCUT2D eigenvalue weighted by molar-refractivity contribution is 7.86. The summed E-state index contributed by atoms with van der Waals surface area (Å²) in [4.78, 5) is 26.2. The van der Waals surface area contributed by atoms with Gasteiger partial charge in [0.05, 0.1) is 0 Å². The Hall–Kier alpha value is -2.42. The molecule has 1 aromatic carbocycles. The lowest BCUT2D eigenvalue weighted by Crippen LogP contribution is -2.42. The third-order valence-electron chi connectivity index (χ3n) is 2.50. The predicted molar refractivity (Wildman–Crippen MR) is 72.0 cm³/mol. The summed E-state index contributed by atoms with van der Waals surface area (Å²) in [5, 5.41) is 0.706. The number of imide groups is 1. The molecule has 0 saturated carbocycles. The van der Waals surface area contributed by atoms with Crippen molar-refractivity contribution >= 4 is 39.5 Å². The summed E-state index contributed by atoms with van der Waals surface area (Å²) in [6, 6.07) is 3.77. The number of nitrogens with zero attached hydrogens (tertiary/aromatic N) is 1. The molecule has 9 heteroatoms. The van der Waals surface area contributed by atoms with Gasteiger partial charge in [-0.2, -0.15) is 0 Å². The number of urea groups is 1. The molecule has 2 unspecified atom stereocenters. The van der Waals surface area contributed by atoms with E-state index in [1.165, 1.54) is 13.0 Å². The Morgan fingerprint density at radius 2 is 2.15 bits per heavy atom. The first kappa shape index (κ1) is 14.0. The SMILES string of the molecule is CC(C(=O)NC(N)=O)S(=O)c1nc2ccc(N)cc2o1. The number of amides is 3. The van der Waals surface area contributed by atoms with Crippen LogP contribution >= 0.6 is 0 Å². The third kappa shape index (κ3) is 2.77. The number of nitrogen functional groups attached to an aromatic ring is 1. The van der Waals surface area contributed by atoms with E-state index in [2.05, 4.69) is 4.98 Å². The summed E-state index contributed by atoms with van der Waals surface area (Å²) in [5.74, 6) is -0.766. The Bertz CT molecular complexity index is 712. The summed E-state index contributed by atoms with van der Waals surface area (Å²) < 4.78 is 17.4. The highest BCUT2D eigenvalue weighted by Gasteiger charge is 2.26. The van der Waals surface area contributed by atoms with Crippen molar-refractivity contribution in [3.63, 3.8) is 0 Å². The number of fused-ring (bicyclic) bond motifs is 1. The highest BCUT2D eigenvalue weighted by atomic mass is 32.2. The van der Waals surface area contributed by atoms with Crippen molar-refractivity contribution in [3.05, 3.63) is 18.2 Å². The molecule has 2 aromatic rings. The highest BCUT2D eigenvalue weighted by Crippen LogP contribution is 2.21. The number of hydrogen-bond acceptors (Lipinski definition) is 6. The number of anilines is 1. The maximum absolute atomic E-state index is 12.1. The minimum atomic E-state index is -1.85. The summed E-state index contributed by atoms with van der Waals surface area (Å²) in [7, 11) is -1.85. The van der Waals surface area contributed by atoms with Gasteiger partial charge in [-0.1, -0.05) is 0 Å². The number of rotatable bonds is 3. The van der Waals surface area contributed by atoms with Gasteiger partial charge in [-0.15, -0.1) is 0 Å². The smallest absolute Gasteiger partial charge is 0.318 e. The van der Waals surface area contributed by atoms with Crippen LogP contribution in [0.15, 0.2) is 27.8 Å². The Morgan fingerprint density at radius 3 is 2.80 bits per heavy atom. The summed E-state index contributed by atoms with van der Waals surface area (Å²) in [6.07, 6.45) is 0. The lowest BCUT2D eigenvalue weighted by Gasteiger charge is -2.06. The molecule has 0 aliphatic rings. The van der Waals surface area contributed by atoms with Crippen LogP contribution in [0, 0.1) is 0 Å². The first-order valence-corrected chi connectivity index (χ1v) is 6.76. The number of hydrogen-bond donors (Lipinski definition) is 3. The van der Waals surface area contributed by atoms with E-state index in [4.69, 9.17) is 15.9 Å². The van der Waals surface area contributed by atoms with Gasteiger partial charge in [0, 0.05) is 11.8 Å². The van der Waals surface area contributed by atoms with Crippen molar-refractivity contribution in [1.82, 2.24) is 10.3 Å². The zero-order valence-electron chi connectivity index (χ0n) is 10.5. The molecule has 106 valence electrons. The average molecular weight is 296 g/mol. The Labute approximate surface area is 116 Å². The van der Waals surface area contributed by atoms with E-state index in [0.29, 0.717) is 16.8 Å². The normalized spacial score (nSPS) is 13.8. The topological polar surface area (TPSA) is 141 Å². The summed E-state index contributed by atoms with van der Waals surface area (Å²) in [5.41, 5.74) is 11.7. The average Bonchev–Trinajstić information content (AvgIpc) is 2.78. The number of primary amides is 1. The van der Waals surface area contributed by atoms with Crippen molar-refractivity contribution in [3.8, 4) is 0 Å². The maximum atomic E-state index is 12.1. The molecular formula is C11H12N4O4S. The Kier molecular flexibility index (Phi) is 3.70. The van der Waals surface area contributed by atoms with Gasteiger partial charge < -0.3 is 15.9 Å². The molecule has 0 saturated heterocycles. The molecule has 1 aromatic heterocycles. The molecule has 0 spiro atoms. The second kappa shape index (κ2) is 5.29. The van der Waals surface area contributed by atoms with E-state index >= 15 is 0 Å². The maximum Gasteiger partial charge on any atom is 0.318 e.